The number of hydrogen-bond donors (Lipinski definition) is 0. The normalized spacial score (nSPS) is 11.6. The first-order chi connectivity index (χ1) is 27.8. The summed E-state index contributed by atoms with van der Waals surface area (Å²) in [5.74, 6) is 0. The van der Waals surface area contributed by atoms with Crippen molar-refractivity contribution in [1.29, 1.82) is 0 Å². The molecule has 2 heterocycles. The van der Waals surface area contributed by atoms with Crippen LogP contribution in [0.2, 0.25) is 0 Å². The number of aromatic nitrogens is 2. The molecule has 11 aromatic rings. The van der Waals surface area contributed by atoms with E-state index >= 15 is 0 Å². The summed E-state index contributed by atoms with van der Waals surface area (Å²) in [7, 11) is 0. The Morgan fingerprint density at radius 3 is 1.11 bits per heavy atom. The number of benzene rings is 9. The summed E-state index contributed by atoms with van der Waals surface area (Å²) in [6, 6.07) is 79.5. The minimum Gasteiger partial charge on any atom is -0.309 e. The summed E-state index contributed by atoms with van der Waals surface area (Å²) >= 11 is 0. The molecule has 0 unspecified atom stereocenters. The van der Waals surface area contributed by atoms with E-state index < -0.39 is 0 Å². The molecule has 0 aliphatic heterocycles. The lowest BCUT2D eigenvalue weighted by atomic mass is 9.93. The van der Waals surface area contributed by atoms with E-state index in [0.717, 1.165) is 11.4 Å². The predicted molar refractivity (Wildman–Crippen MR) is 237 cm³/mol. The maximum Gasteiger partial charge on any atom is 0.0547 e. The van der Waals surface area contributed by atoms with Gasteiger partial charge in [-0.15, -0.1) is 0 Å². The van der Waals surface area contributed by atoms with E-state index in [1.54, 1.807) is 0 Å². The van der Waals surface area contributed by atoms with Crippen LogP contribution in [0.1, 0.15) is 0 Å². The van der Waals surface area contributed by atoms with Crippen molar-refractivity contribution in [3.63, 3.8) is 0 Å². The van der Waals surface area contributed by atoms with Crippen molar-refractivity contribution in [2.24, 2.45) is 0 Å². The summed E-state index contributed by atoms with van der Waals surface area (Å²) < 4.78 is 4.83. The van der Waals surface area contributed by atoms with Crippen LogP contribution in [0.3, 0.4) is 0 Å². The number of fused-ring (bicyclic) bond motifs is 6. The molecule has 9 aromatic carbocycles. The van der Waals surface area contributed by atoms with E-state index in [0.29, 0.717) is 0 Å². The fraction of sp³-hybridized carbons (Fsp3) is 0. The van der Waals surface area contributed by atoms with Crippen LogP contribution >= 0.6 is 0 Å². The Kier molecular flexibility index (Phi) is 7.53. The van der Waals surface area contributed by atoms with Gasteiger partial charge in [0.05, 0.1) is 22.1 Å². The third-order valence-corrected chi connectivity index (χ3v) is 11.3. The fourth-order valence-electron chi connectivity index (χ4n) is 8.65. The topological polar surface area (TPSA) is 9.86 Å². The van der Waals surface area contributed by atoms with Crippen LogP contribution in [0.25, 0.3) is 99.5 Å². The molecule has 0 radical (unpaired) electrons. The second-order valence-corrected chi connectivity index (χ2v) is 14.6. The minimum absolute atomic E-state index is 1.14. The summed E-state index contributed by atoms with van der Waals surface area (Å²) in [6.07, 6.45) is 0. The van der Waals surface area contributed by atoms with Crippen LogP contribution in [-0.4, -0.2) is 9.13 Å². The summed E-state index contributed by atoms with van der Waals surface area (Å²) in [5, 5.41) is 5.01. The lowest BCUT2D eigenvalue weighted by Gasteiger charge is -2.14. The minimum atomic E-state index is 1.14. The van der Waals surface area contributed by atoms with Crippen molar-refractivity contribution in [2.45, 2.75) is 0 Å². The van der Waals surface area contributed by atoms with Crippen LogP contribution in [0, 0.1) is 0 Å². The van der Waals surface area contributed by atoms with Gasteiger partial charge in [0.1, 0.15) is 0 Å². The highest BCUT2D eigenvalue weighted by Gasteiger charge is 2.17. The molecule has 0 saturated heterocycles. The van der Waals surface area contributed by atoms with Gasteiger partial charge in [0.25, 0.3) is 0 Å². The highest BCUT2D eigenvalue weighted by Crippen LogP contribution is 2.39. The van der Waals surface area contributed by atoms with Gasteiger partial charge in [-0.1, -0.05) is 152 Å². The molecular weight excluding hydrogens is 677 g/mol. The molecule has 0 fully saturated rings. The van der Waals surface area contributed by atoms with Gasteiger partial charge >= 0.3 is 0 Å². The van der Waals surface area contributed by atoms with Gasteiger partial charge < -0.3 is 9.13 Å². The summed E-state index contributed by atoms with van der Waals surface area (Å²) in [6.45, 7) is 0. The van der Waals surface area contributed by atoms with Gasteiger partial charge in [0.15, 0.2) is 0 Å². The number of nitrogens with zero attached hydrogens (tertiary/aromatic N) is 2. The van der Waals surface area contributed by atoms with Crippen LogP contribution in [0.15, 0.2) is 218 Å². The lowest BCUT2D eigenvalue weighted by Crippen LogP contribution is -1.95. The smallest absolute Gasteiger partial charge is 0.0547 e. The second-order valence-electron chi connectivity index (χ2n) is 14.6. The van der Waals surface area contributed by atoms with Gasteiger partial charge in [0.2, 0.25) is 0 Å². The van der Waals surface area contributed by atoms with Crippen molar-refractivity contribution in [1.82, 2.24) is 9.13 Å². The van der Waals surface area contributed by atoms with E-state index in [9.17, 15) is 0 Å². The van der Waals surface area contributed by atoms with Crippen LogP contribution < -0.4 is 0 Å². The average molecular weight is 713 g/mol. The van der Waals surface area contributed by atoms with Crippen LogP contribution in [-0.2, 0) is 0 Å². The molecular formula is C54H36N2. The first-order valence-corrected chi connectivity index (χ1v) is 19.3. The highest BCUT2D eigenvalue weighted by atomic mass is 15.0. The first kappa shape index (κ1) is 32.0. The molecule has 0 aliphatic carbocycles. The first-order valence-electron chi connectivity index (χ1n) is 19.3. The molecule has 0 atom stereocenters. The molecule has 0 amide bonds. The van der Waals surface area contributed by atoms with E-state index in [4.69, 9.17) is 0 Å². The third-order valence-electron chi connectivity index (χ3n) is 11.3. The van der Waals surface area contributed by atoms with Gasteiger partial charge in [0, 0.05) is 32.9 Å². The molecule has 0 spiro atoms. The zero-order valence-electron chi connectivity index (χ0n) is 30.7. The van der Waals surface area contributed by atoms with Crippen molar-refractivity contribution >= 4 is 43.6 Å². The molecule has 2 heteroatoms. The van der Waals surface area contributed by atoms with E-state index in [1.807, 2.05) is 0 Å². The second kappa shape index (κ2) is 13.2. The van der Waals surface area contributed by atoms with Crippen molar-refractivity contribution in [3.05, 3.63) is 218 Å². The molecule has 56 heavy (non-hydrogen) atoms. The standard InChI is InChI=1S/C54H36N2/c1-4-15-37(16-5-1)42-31-43(38-17-6-2-7-18-38)33-44(32-42)39-19-14-22-46(34-39)56-52-26-13-11-24-48(52)50-30-28-41(36-54(50)56)40-27-29-49-47-23-10-12-25-51(47)55(53(49)35-40)45-20-8-3-9-21-45/h1-36H. The summed E-state index contributed by atoms with van der Waals surface area (Å²) in [4.78, 5) is 0. The van der Waals surface area contributed by atoms with Gasteiger partial charge in [-0.2, -0.15) is 0 Å². The molecule has 0 saturated carbocycles. The van der Waals surface area contributed by atoms with Crippen LogP contribution in [0.5, 0.6) is 0 Å². The Morgan fingerprint density at radius 2 is 0.571 bits per heavy atom. The molecule has 2 aromatic heterocycles. The van der Waals surface area contributed by atoms with Gasteiger partial charge in [-0.3, -0.25) is 0 Å². The average Bonchev–Trinajstić information content (AvgIpc) is 3.79. The molecule has 0 N–H and O–H groups in total. The fourth-order valence-corrected chi connectivity index (χ4v) is 8.65. The number of para-hydroxylation sites is 3. The lowest BCUT2D eigenvalue weighted by molar-refractivity contribution is 1.18. The highest BCUT2D eigenvalue weighted by molar-refractivity contribution is 6.12. The molecule has 0 bridgehead atoms. The Labute approximate surface area is 325 Å². The molecule has 11 rings (SSSR count). The Balaban J connectivity index is 1.08. The maximum atomic E-state index is 2.44. The zero-order valence-corrected chi connectivity index (χ0v) is 30.7. The monoisotopic (exact) mass is 712 g/mol. The van der Waals surface area contributed by atoms with E-state index in [1.165, 1.54) is 88.1 Å². The third kappa shape index (κ3) is 5.34. The van der Waals surface area contributed by atoms with Crippen LogP contribution in [0.4, 0.5) is 0 Å². The SMILES string of the molecule is c1ccc(-c2cc(-c3ccccc3)cc(-c3cccc(-n4c5ccccc5c5ccc(-c6ccc7c8ccccc8n(-c8ccccc8)c7c6)cc54)c3)c2)cc1. The van der Waals surface area contributed by atoms with Crippen molar-refractivity contribution in [3.8, 4) is 55.9 Å². The van der Waals surface area contributed by atoms with E-state index in [-0.39, 0.29) is 0 Å². The molecule has 0 aliphatic rings. The Bertz CT molecular complexity index is 3170. The number of rotatable bonds is 6. The van der Waals surface area contributed by atoms with Gasteiger partial charge in [-0.25, -0.2) is 0 Å². The molecule has 262 valence electrons. The summed E-state index contributed by atoms with van der Waals surface area (Å²) in [5.41, 5.74) is 16.7. The quantitative estimate of drug-likeness (QED) is 0.162. The van der Waals surface area contributed by atoms with Crippen molar-refractivity contribution < 1.29 is 0 Å². The zero-order chi connectivity index (χ0) is 37.0. The van der Waals surface area contributed by atoms with E-state index in [2.05, 4.69) is 228 Å². The van der Waals surface area contributed by atoms with Crippen molar-refractivity contribution in [2.75, 3.05) is 0 Å². The molecule has 2 nitrogen and oxygen atoms in total. The predicted octanol–water partition coefficient (Wildman–Crippen LogP) is 14.5. The Hall–Kier alpha value is -7.42. The van der Waals surface area contributed by atoms with Gasteiger partial charge in [-0.05, 0) is 111 Å². The number of hydrogen-bond acceptors (Lipinski definition) is 0. The maximum absolute atomic E-state index is 2.44. The largest absolute Gasteiger partial charge is 0.309 e. The Morgan fingerprint density at radius 1 is 0.196 bits per heavy atom.